The first kappa shape index (κ1) is 16.6. The minimum absolute atomic E-state index is 0.225. The smallest absolute Gasteiger partial charge is 0.328 e. The molecule has 3 nitrogen and oxygen atoms in total. The summed E-state index contributed by atoms with van der Waals surface area (Å²) in [6, 6.07) is 5.24. The van der Waals surface area contributed by atoms with Gasteiger partial charge in [0.05, 0.1) is 10.0 Å². The van der Waals surface area contributed by atoms with Gasteiger partial charge >= 0.3 is 5.97 Å². The van der Waals surface area contributed by atoms with Crippen LogP contribution in [0, 0.1) is 0 Å². The van der Waals surface area contributed by atoms with Crippen LogP contribution in [0.2, 0.25) is 10.0 Å². The number of hydrogen-bond acceptors (Lipinski definition) is 2. The molecule has 1 aromatic carbocycles. The molecule has 5 heteroatoms. The van der Waals surface area contributed by atoms with Gasteiger partial charge < -0.3 is 5.11 Å². The molecule has 0 bridgehead atoms. The Kier molecular flexibility index (Phi) is 5.53. The number of carbonyl (C=O) groups is 1. The summed E-state index contributed by atoms with van der Waals surface area (Å²) in [4.78, 5) is 11.8. The van der Waals surface area contributed by atoms with Crippen molar-refractivity contribution >= 4 is 29.2 Å². The Hall–Kier alpha value is -0.770. The van der Waals surface area contributed by atoms with Gasteiger partial charge in [-0.2, -0.15) is 0 Å². The van der Waals surface area contributed by atoms with Gasteiger partial charge in [-0.1, -0.05) is 55.0 Å². The van der Waals surface area contributed by atoms with Crippen molar-refractivity contribution in [3.05, 3.63) is 33.8 Å². The highest BCUT2D eigenvalue weighted by molar-refractivity contribution is 6.42. The van der Waals surface area contributed by atoms with E-state index in [-0.39, 0.29) is 6.04 Å². The second kappa shape index (κ2) is 6.99. The topological polar surface area (TPSA) is 49.3 Å². The molecule has 0 aliphatic heterocycles. The van der Waals surface area contributed by atoms with Crippen LogP contribution in [0.4, 0.5) is 0 Å². The molecule has 0 saturated heterocycles. The van der Waals surface area contributed by atoms with E-state index in [1.807, 2.05) is 0 Å². The lowest BCUT2D eigenvalue weighted by molar-refractivity contribution is -0.145. The lowest BCUT2D eigenvalue weighted by atomic mass is 9.90. The summed E-state index contributed by atoms with van der Waals surface area (Å²) in [6.45, 7) is 1.69. The molecular formula is C16H21Cl2NO2. The van der Waals surface area contributed by atoms with Gasteiger partial charge in [0.2, 0.25) is 0 Å². The third kappa shape index (κ3) is 3.91. The average molecular weight is 330 g/mol. The molecule has 1 saturated carbocycles. The number of carboxylic acids is 1. The summed E-state index contributed by atoms with van der Waals surface area (Å²) in [5.74, 6) is -0.898. The Morgan fingerprint density at radius 2 is 1.81 bits per heavy atom. The fourth-order valence-corrected chi connectivity index (χ4v) is 3.21. The van der Waals surface area contributed by atoms with Crippen LogP contribution >= 0.6 is 23.2 Å². The highest BCUT2D eigenvalue weighted by Gasteiger charge is 2.37. The molecule has 1 aromatic rings. The molecule has 1 aliphatic carbocycles. The summed E-state index contributed by atoms with van der Waals surface area (Å²) in [7, 11) is 0. The van der Waals surface area contributed by atoms with Gasteiger partial charge in [0.25, 0.3) is 0 Å². The molecule has 2 N–H and O–H groups in total. The molecule has 0 heterocycles. The minimum Gasteiger partial charge on any atom is -0.480 e. The predicted octanol–water partition coefficient (Wildman–Crippen LogP) is 4.61. The Morgan fingerprint density at radius 3 is 2.33 bits per heavy atom. The summed E-state index contributed by atoms with van der Waals surface area (Å²) in [5.41, 5.74) is -0.517. The van der Waals surface area contributed by atoms with E-state index in [9.17, 15) is 9.90 Å². The van der Waals surface area contributed by atoms with Crippen LogP contribution in [-0.4, -0.2) is 17.1 Å². The van der Waals surface area contributed by atoms with Gasteiger partial charge in [-0.05, 0) is 37.5 Å². The van der Waals surface area contributed by atoms with E-state index in [0.29, 0.717) is 15.6 Å². The van der Waals surface area contributed by atoms with Gasteiger partial charge in [0.15, 0.2) is 0 Å². The Bertz CT molecular complexity index is 513. The zero-order chi connectivity index (χ0) is 15.5. The molecule has 1 aliphatic rings. The van der Waals surface area contributed by atoms with Crippen molar-refractivity contribution in [1.29, 1.82) is 0 Å². The van der Waals surface area contributed by atoms with Crippen molar-refractivity contribution in [3.8, 4) is 0 Å². The number of halogens is 2. The van der Waals surface area contributed by atoms with Crippen LogP contribution in [-0.2, 0) is 10.3 Å². The Morgan fingerprint density at radius 1 is 1.19 bits per heavy atom. The van der Waals surface area contributed by atoms with Crippen LogP contribution in [0.5, 0.6) is 0 Å². The van der Waals surface area contributed by atoms with E-state index in [2.05, 4.69) is 5.32 Å². The molecule has 1 fully saturated rings. The van der Waals surface area contributed by atoms with Crippen LogP contribution in [0.1, 0.15) is 51.0 Å². The van der Waals surface area contributed by atoms with Crippen LogP contribution in [0.15, 0.2) is 18.2 Å². The first-order valence-corrected chi connectivity index (χ1v) is 8.15. The molecule has 1 unspecified atom stereocenters. The van der Waals surface area contributed by atoms with Crippen molar-refractivity contribution in [2.45, 2.75) is 57.0 Å². The number of hydrogen-bond donors (Lipinski definition) is 2. The molecule has 2 rings (SSSR count). The third-order valence-corrected chi connectivity index (χ3v) is 5.01. The fourth-order valence-electron chi connectivity index (χ4n) is 2.91. The first-order chi connectivity index (χ1) is 9.93. The van der Waals surface area contributed by atoms with Crippen molar-refractivity contribution in [2.75, 3.05) is 0 Å². The Labute approximate surface area is 135 Å². The van der Waals surface area contributed by atoms with Crippen molar-refractivity contribution < 1.29 is 9.90 Å². The highest BCUT2D eigenvalue weighted by atomic mass is 35.5. The van der Waals surface area contributed by atoms with Crippen molar-refractivity contribution in [3.63, 3.8) is 0 Å². The molecule has 0 aromatic heterocycles. The number of rotatable bonds is 4. The van der Waals surface area contributed by atoms with E-state index in [1.54, 1.807) is 25.1 Å². The van der Waals surface area contributed by atoms with Gasteiger partial charge in [-0.25, -0.2) is 4.79 Å². The van der Waals surface area contributed by atoms with Gasteiger partial charge in [0, 0.05) is 6.04 Å². The number of benzene rings is 1. The zero-order valence-electron chi connectivity index (χ0n) is 12.2. The quantitative estimate of drug-likeness (QED) is 0.793. The van der Waals surface area contributed by atoms with Gasteiger partial charge in [-0.15, -0.1) is 0 Å². The Balaban J connectivity index is 2.26. The molecule has 1 atom stereocenters. The molecule has 116 valence electrons. The van der Waals surface area contributed by atoms with Crippen molar-refractivity contribution in [1.82, 2.24) is 5.32 Å². The molecule has 21 heavy (non-hydrogen) atoms. The molecular weight excluding hydrogens is 309 g/mol. The number of nitrogens with one attached hydrogen (secondary N) is 1. The second-order valence-corrected chi connectivity index (χ2v) is 6.71. The number of carboxylic acid groups (broad SMARTS) is 1. The van der Waals surface area contributed by atoms with E-state index >= 15 is 0 Å². The van der Waals surface area contributed by atoms with Crippen LogP contribution in [0.25, 0.3) is 0 Å². The summed E-state index contributed by atoms with van der Waals surface area (Å²) in [6.07, 6.45) is 6.79. The maximum atomic E-state index is 11.8. The van der Waals surface area contributed by atoms with E-state index in [1.165, 1.54) is 12.8 Å². The largest absolute Gasteiger partial charge is 0.480 e. The monoisotopic (exact) mass is 329 g/mol. The first-order valence-electron chi connectivity index (χ1n) is 7.40. The van der Waals surface area contributed by atoms with E-state index < -0.39 is 11.5 Å². The van der Waals surface area contributed by atoms with Gasteiger partial charge in [0.1, 0.15) is 5.54 Å². The average Bonchev–Trinajstić information content (AvgIpc) is 2.70. The molecule has 0 radical (unpaired) electrons. The lowest BCUT2D eigenvalue weighted by Crippen LogP contribution is -2.51. The van der Waals surface area contributed by atoms with E-state index in [4.69, 9.17) is 23.2 Å². The minimum atomic E-state index is -1.15. The highest BCUT2D eigenvalue weighted by Crippen LogP contribution is 2.30. The fraction of sp³-hybridized carbons (Fsp3) is 0.562. The lowest BCUT2D eigenvalue weighted by Gasteiger charge is -2.32. The standard InChI is InChI=1S/C16H21Cl2NO2/c1-16(15(20)21,11-8-9-13(17)14(18)10-11)19-12-6-4-2-3-5-7-12/h8-10,12,19H,2-7H2,1H3,(H,20,21). The predicted molar refractivity (Wildman–Crippen MR) is 86.1 cm³/mol. The third-order valence-electron chi connectivity index (χ3n) is 4.27. The van der Waals surface area contributed by atoms with Crippen LogP contribution < -0.4 is 5.32 Å². The zero-order valence-corrected chi connectivity index (χ0v) is 13.7. The maximum Gasteiger partial charge on any atom is 0.328 e. The van der Waals surface area contributed by atoms with E-state index in [0.717, 1.165) is 25.7 Å². The summed E-state index contributed by atoms with van der Waals surface area (Å²) >= 11 is 12.0. The maximum absolute atomic E-state index is 11.8. The summed E-state index contributed by atoms with van der Waals surface area (Å²) < 4.78 is 0. The normalized spacial score (nSPS) is 19.8. The van der Waals surface area contributed by atoms with Crippen LogP contribution in [0.3, 0.4) is 0 Å². The second-order valence-electron chi connectivity index (χ2n) is 5.89. The van der Waals surface area contributed by atoms with Crippen molar-refractivity contribution in [2.24, 2.45) is 0 Å². The molecule has 0 spiro atoms. The summed E-state index contributed by atoms with van der Waals surface area (Å²) in [5, 5.41) is 13.9. The molecule has 0 amide bonds. The SMILES string of the molecule is CC(NC1CCCCCC1)(C(=O)O)c1ccc(Cl)c(Cl)c1. The number of aliphatic carboxylic acids is 1. The van der Waals surface area contributed by atoms with Gasteiger partial charge in [-0.3, -0.25) is 5.32 Å².